The summed E-state index contributed by atoms with van der Waals surface area (Å²) in [4.78, 5) is 0. The normalized spacial score (nSPS) is 12.9. The second-order valence-electron chi connectivity index (χ2n) is 3.68. The minimum absolute atomic E-state index is 0.0316. The van der Waals surface area contributed by atoms with Gasteiger partial charge in [0.25, 0.3) is 0 Å². The molecule has 0 aliphatic carbocycles. The van der Waals surface area contributed by atoms with Gasteiger partial charge in [0.2, 0.25) is 0 Å². The van der Waals surface area contributed by atoms with E-state index in [1.54, 1.807) is 7.11 Å². The van der Waals surface area contributed by atoms with Crippen LogP contribution >= 0.6 is 0 Å². The fraction of sp³-hybridized carbons (Fsp3) is 0.500. The maximum Gasteiger partial charge on any atom is 0.118 e. The molecule has 0 aromatic heterocycles. The second kappa shape index (κ2) is 5.73. The summed E-state index contributed by atoms with van der Waals surface area (Å²) in [6, 6.07) is 7.81. The average molecular weight is 209 g/mol. The van der Waals surface area contributed by atoms with Gasteiger partial charge in [-0.15, -0.1) is 0 Å². The Morgan fingerprint density at radius 3 is 2.20 bits per heavy atom. The third kappa shape index (κ3) is 3.53. The van der Waals surface area contributed by atoms with Gasteiger partial charge in [-0.3, -0.25) is 0 Å². The summed E-state index contributed by atoms with van der Waals surface area (Å²) >= 11 is 0. The van der Waals surface area contributed by atoms with Crippen LogP contribution in [0.4, 0.5) is 0 Å². The van der Waals surface area contributed by atoms with Crippen LogP contribution in [0.3, 0.4) is 0 Å². The Balaban J connectivity index is 2.74. The quantitative estimate of drug-likeness (QED) is 0.807. The molecule has 0 saturated heterocycles. The van der Waals surface area contributed by atoms with Gasteiger partial charge in [0.15, 0.2) is 0 Å². The van der Waals surface area contributed by atoms with E-state index in [0.717, 1.165) is 11.3 Å². The van der Waals surface area contributed by atoms with E-state index in [2.05, 4.69) is 0 Å². The third-order valence-corrected chi connectivity index (χ3v) is 2.14. The van der Waals surface area contributed by atoms with Crippen molar-refractivity contribution >= 4 is 0 Å². The molecule has 84 valence electrons. The molecule has 2 N–H and O–H groups in total. The predicted octanol–water partition coefficient (Wildman–Crippen LogP) is 2.12. The molecule has 1 aromatic rings. The fourth-order valence-corrected chi connectivity index (χ4v) is 1.42. The summed E-state index contributed by atoms with van der Waals surface area (Å²) in [6.07, 6.45) is 0.150. The van der Waals surface area contributed by atoms with Crippen molar-refractivity contribution in [3.63, 3.8) is 0 Å². The summed E-state index contributed by atoms with van der Waals surface area (Å²) in [5, 5.41) is 0. The molecule has 0 radical (unpaired) electrons. The first-order valence-corrected chi connectivity index (χ1v) is 5.17. The molecule has 0 aliphatic heterocycles. The van der Waals surface area contributed by atoms with Crippen LogP contribution < -0.4 is 10.5 Å². The van der Waals surface area contributed by atoms with Crippen molar-refractivity contribution in [1.29, 1.82) is 0 Å². The highest BCUT2D eigenvalue weighted by atomic mass is 16.5. The van der Waals surface area contributed by atoms with Crippen molar-refractivity contribution < 1.29 is 9.47 Å². The number of benzene rings is 1. The van der Waals surface area contributed by atoms with E-state index in [4.69, 9.17) is 15.2 Å². The molecule has 0 amide bonds. The molecule has 1 rings (SSSR count). The maximum absolute atomic E-state index is 5.69. The molecule has 0 heterocycles. The molecule has 0 fully saturated rings. The van der Waals surface area contributed by atoms with Crippen molar-refractivity contribution in [2.24, 2.45) is 5.73 Å². The standard InChI is InChI=1S/C12H19NO2/c1-9(2)15-12(8-13)10-4-6-11(14-3)7-5-10/h4-7,9,12H,8,13H2,1-3H3/t12-/m0/s1. The summed E-state index contributed by atoms with van der Waals surface area (Å²) in [7, 11) is 1.65. The summed E-state index contributed by atoms with van der Waals surface area (Å²) in [6.45, 7) is 4.50. The lowest BCUT2D eigenvalue weighted by atomic mass is 10.1. The summed E-state index contributed by atoms with van der Waals surface area (Å²) < 4.78 is 10.8. The minimum Gasteiger partial charge on any atom is -0.497 e. The first-order chi connectivity index (χ1) is 7.17. The lowest BCUT2D eigenvalue weighted by molar-refractivity contribution is 0.0119. The van der Waals surface area contributed by atoms with E-state index < -0.39 is 0 Å². The molecular formula is C12H19NO2. The van der Waals surface area contributed by atoms with Crippen molar-refractivity contribution in [2.75, 3.05) is 13.7 Å². The maximum atomic E-state index is 5.69. The van der Waals surface area contributed by atoms with E-state index >= 15 is 0 Å². The molecule has 0 bridgehead atoms. The van der Waals surface area contributed by atoms with E-state index in [1.165, 1.54) is 0 Å². The Labute approximate surface area is 91.2 Å². The van der Waals surface area contributed by atoms with Crippen LogP contribution in [0.15, 0.2) is 24.3 Å². The van der Waals surface area contributed by atoms with E-state index in [-0.39, 0.29) is 12.2 Å². The predicted molar refractivity (Wildman–Crippen MR) is 61.0 cm³/mol. The van der Waals surface area contributed by atoms with Gasteiger partial charge in [-0.25, -0.2) is 0 Å². The Morgan fingerprint density at radius 2 is 1.80 bits per heavy atom. The van der Waals surface area contributed by atoms with Crippen molar-refractivity contribution in [1.82, 2.24) is 0 Å². The number of hydrogen-bond donors (Lipinski definition) is 1. The molecule has 3 nitrogen and oxygen atoms in total. The highest BCUT2D eigenvalue weighted by molar-refractivity contribution is 5.28. The van der Waals surface area contributed by atoms with Gasteiger partial charge in [-0.05, 0) is 31.5 Å². The molecule has 1 atom stereocenters. The lowest BCUT2D eigenvalue weighted by Gasteiger charge is -2.19. The Hall–Kier alpha value is -1.06. The zero-order valence-electron chi connectivity index (χ0n) is 9.57. The number of methoxy groups -OCH3 is 1. The minimum atomic E-state index is -0.0316. The SMILES string of the molecule is COc1ccc([C@H](CN)OC(C)C)cc1. The number of nitrogens with two attached hydrogens (primary N) is 1. The van der Waals surface area contributed by atoms with Gasteiger partial charge in [-0.2, -0.15) is 0 Å². The van der Waals surface area contributed by atoms with Crippen molar-refractivity contribution in [2.45, 2.75) is 26.1 Å². The Morgan fingerprint density at radius 1 is 1.20 bits per heavy atom. The zero-order valence-corrected chi connectivity index (χ0v) is 9.57. The number of rotatable bonds is 5. The van der Waals surface area contributed by atoms with Crippen molar-refractivity contribution in [3.8, 4) is 5.75 Å². The van der Waals surface area contributed by atoms with Crippen LogP contribution in [0.2, 0.25) is 0 Å². The first kappa shape index (κ1) is 12.0. The number of hydrogen-bond acceptors (Lipinski definition) is 3. The van der Waals surface area contributed by atoms with Crippen LogP contribution in [-0.2, 0) is 4.74 Å². The van der Waals surface area contributed by atoms with E-state index in [9.17, 15) is 0 Å². The largest absolute Gasteiger partial charge is 0.497 e. The van der Waals surface area contributed by atoms with Gasteiger partial charge in [0, 0.05) is 6.54 Å². The topological polar surface area (TPSA) is 44.5 Å². The summed E-state index contributed by atoms with van der Waals surface area (Å²) in [5.74, 6) is 0.846. The lowest BCUT2D eigenvalue weighted by Crippen LogP contribution is -2.19. The van der Waals surface area contributed by atoms with E-state index in [1.807, 2.05) is 38.1 Å². The molecule has 0 aliphatic rings. The van der Waals surface area contributed by atoms with Crippen LogP contribution in [0.1, 0.15) is 25.5 Å². The average Bonchev–Trinajstić information content (AvgIpc) is 2.26. The Bertz CT molecular complexity index is 282. The monoisotopic (exact) mass is 209 g/mol. The first-order valence-electron chi connectivity index (χ1n) is 5.17. The summed E-state index contributed by atoms with van der Waals surface area (Å²) in [5.41, 5.74) is 6.76. The molecule has 0 unspecified atom stereocenters. The van der Waals surface area contributed by atoms with Gasteiger partial charge in [0.1, 0.15) is 5.75 Å². The molecule has 15 heavy (non-hydrogen) atoms. The third-order valence-electron chi connectivity index (χ3n) is 2.14. The highest BCUT2D eigenvalue weighted by Gasteiger charge is 2.11. The molecule has 0 spiro atoms. The fourth-order valence-electron chi connectivity index (χ4n) is 1.42. The van der Waals surface area contributed by atoms with Crippen LogP contribution in [0.5, 0.6) is 5.75 Å². The van der Waals surface area contributed by atoms with E-state index in [0.29, 0.717) is 6.54 Å². The van der Waals surface area contributed by atoms with Gasteiger partial charge >= 0.3 is 0 Å². The Kier molecular flexibility index (Phi) is 4.59. The van der Waals surface area contributed by atoms with Gasteiger partial charge in [0.05, 0.1) is 19.3 Å². The molecule has 0 saturated carbocycles. The smallest absolute Gasteiger partial charge is 0.118 e. The van der Waals surface area contributed by atoms with Crippen molar-refractivity contribution in [3.05, 3.63) is 29.8 Å². The van der Waals surface area contributed by atoms with Crippen LogP contribution in [0, 0.1) is 0 Å². The van der Waals surface area contributed by atoms with Crippen LogP contribution in [-0.4, -0.2) is 19.8 Å². The molecule has 3 heteroatoms. The van der Waals surface area contributed by atoms with Crippen LogP contribution in [0.25, 0.3) is 0 Å². The van der Waals surface area contributed by atoms with Gasteiger partial charge in [-0.1, -0.05) is 12.1 Å². The molecular weight excluding hydrogens is 190 g/mol. The second-order valence-corrected chi connectivity index (χ2v) is 3.68. The molecule has 1 aromatic carbocycles. The van der Waals surface area contributed by atoms with Gasteiger partial charge < -0.3 is 15.2 Å². The number of ether oxygens (including phenoxy) is 2. The zero-order chi connectivity index (χ0) is 11.3. The highest BCUT2D eigenvalue weighted by Crippen LogP contribution is 2.20.